The van der Waals surface area contributed by atoms with Gasteiger partial charge in [0.2, 0.25) is 0 Å². The summed E-state index contributed by atoms with van der Waals surface area (Å²) in [6.45, 7) is 1.46. The van der Waals surface area contributed by atoms with E-state index in [1.54, 1.807) is 18.2 Å². The molecule has 1 aromatic rings. The number of benzene rings is 1. The molecule has 5 nitrogen and oxygen atoms in total. The maximum absolute atomic E-state index is 10.7. The average molecular weight is 302 g/mol. The molecule has 1 unspecified atom stereocenters. The predicted molar refractivity (Wildman–Crippen MR) is 66.5 cm³/mol. The second-order valence-electron chi connectivity index (χ2n) is 3.20. The highest BCUT2D eigenvalue weighted by Gasteiger charge is 2.14. The van der Waals surface area contributed by atoms with Crippen molar-refractivity contribution in [2.45, 2.75) is 13.0 Å². The molecular formula is C11H12BrNO4. The van der Waals surface area contributed by atoms with Crippen molar-refractivity contribution < 1.29 is 19.5 Å². The lowest BCUT2D eigenvalue weighted by atomic mass is 10.2. The van der Waals surface area contributed by atoms with Gasteiger partial charge in [0.05, 0.1) is 6.21 Å². The number of halogens is 1. The Morgan fingerprint density at radius 1 is 1.59 bits per heavy atom. The van der Waals surface area contributed by atoms with Crippen LogP contribution in [-0.2, 0) is 9.63 Å². The number of nitrogens with zero attached hydrogens (tertiary/aromatic N) is 1. The first kappa shape index (κ1) is 13.5. The summed E-state index contributed by atoms with van der Waals surface area (Å²) in [7, 11) is 1.43. The zero-order valence-corrected chi connectivity index (χ0v) is 11.0. The van der Waals surface area contributed by atoms with Crippen LogP contribution in [0, 0.1) is 0 Å². The van der Waals surface area contributed by atoms with E-state index in [1.807, 2.05) is 0 Å². The molecule has 0 aliphatic rings. The van der Waals surface area contributed by atoms with Gasteiger partial charge in [0, 0.05) is 10.0 Å². The molecule has 0 aliphatic heterocycles. The van der Waals surface area contributed by atoms with Crippen LogP contribution >= 0.6 is 15.9 Å². The van der Waals surface area contributed by atoms with E-state index in [2.05, 4.69) is 25.9 Å². The lowest BCUT2D eigenvalue weighted by Gasteiger charge is -2.12. The highest BCUT2D eigenvalue weighted by Crippen LogP contribution is 2.22. The third-order valence-electron chi connectivity index (χ3n) is 1.92. The largest absolute Gasteiger partial charge is 0.479 e. The van der Waals surface area contributed by atoms with Crippen LogP contribution in [0.4, 0.5) is 0 Å². The van der Waals surface area contributed by atoms with Crippen LogP contribution in [-0.4, -0.2) is 30.5 Å². The fraction of sp³-hybridized carbons (Fsp3) is 0.273. The minimum absolute atomic E-state index is 0.434. The first-order chi connectivity index (χ1) is 8.04. The van der Waals surface area contributed by atoms with E-state index in [4.69, 9.17) is 9.84 Å². The summed E-state index contributed by atoms with van der Waals surface area (Å²) < 4.78 is 6.13. The molecule has 0 amide bonds. The molecule has 0 spiro atoms. The number of rotatable bonds is 5. The average Bonchev–Trinajstić information content (AvgIpc) is 2.29. The van der Waals surface area contributed by atoms with Crippen molar-refractivity contribution in [1.29, 1.82) is 0 Å². The van der Waals surface area contributed by atoms with E-state index in [-0.39, 0.29) is 0 Å². The maximum atomic E-state index is 10.7. The highest BCUT2D eigenvalue weighted by molar-refractivity contribution is 9.10. The number of aliphatic carboxylic acids is 1. The number of hydrogen-bond acceptors (Lipinski definition) is 4. The fourth-order valence-corrected chi connectivity index (χ4v) is 1.46. The summed E-state index contributed by atoms with van der Waals surface area (Å²) in [4.78, 5) is 15.3. The molecule has 0 fully saturated rings. The van der Waals surface area contributed by atoms with Crippen molar-refractivity contribution in [2.75, 3.05) is 7.11 Å². The smallest absolute Gasteiger partial charge is 0.344 e. The quantitative estimate of drug-likeness (QED) is 0.669. The molecule has 6 heteroatoms. The van der Waals surface area contributed by atoms with Crippen LogP contribution in [0.25, 0.3) is 0 Å². The van der Waals surface area contributed by atoms with Gasteiger partial charge in [-0.05, 0) is 25.1 Å². The van der Waals surface area contributed by atoms with Gasteiger partial charge in [-0.1, -0.05) is 21.1 Å². The van der Waals surface area contributed by atoms with Gasteiger partial charge in [-0.15, -0.1) is 0 Å². The first-order valence-corrected chi connectivity index (χ1v) is 5.59. The van der Waals surface area contributed by atoms with Crippen LogP contribution in [0.3, 0.4) is 0 Å². The van der Waals surface area contributed by atoms with Crippen molar-refractivity contribution in [3.8, 4) is 5.75 Å². The second-order valence-corrected chi connectivity index (χ2v) is 4.11. The number of oxime groups is 1. The molecule has 1 atom stereocenters. The number of hydrogen-bond donors (Lipinski definition) is 1. The Bertz CT molecular complexity index is 433. The van der Waals surface area contributed by atoms with E-state index < -0.39 is 12.1 Å². The molecule has 0 radical (unpaired) electrons. The van der Waals surface area contributed by atoms with E-state index in [1.165, 1.54) is 20.2 Å². The molecule has 0 heterocycles. The maximum Gasteiger partial charge on any atom is 0.344 e. The van der Waals surface area contributed by atoms with Crippen molar-refractivity contribution in [3.05, 3.63) is 28.2 Å². The molecular weight excluding hydrogens is 290 g/mol. The Morgan fingerprint density at radius 2 is 2.29 bits per heavy atom. The number of carboxylic acid groups (broad SMARTS) is 1. The normalized spacial score (nSPS) is 12.4. The van der Waals surface area contributed by atoms with Crippen molar-refractivity contribution >= 4 is 28.1 Å². The Balaban J connectivity index is 2.97. The lowest BCUT2D eigenvalue weighted by Crippen LogP contribution is -2.23. The molecule has 1 rings (SSSR count). The minimum Gasteiger partial charge on any atom is -0.479 e. The predicted octanol–water partition coefficient (Wildman–Crippen LogP) is 2.28. The minimum atomic E-state index is -1.03. The summed E-state index contributed by atoms with van der Waals surface area (Å²) in [6.07, 6.45) is 0.528. The molecule has 0 aliphatic carbocycles. The first-order valence-electron chi connectivity index (χ1n) is 4.80. The summed E-state index contributed by atoms with van der Waals surface area (Å²) in [5.41, 5.74) is 0.634. The van der Waals surface area contributed by atoms with Gasteiger partial charge in [-0.3, -0.25) is 0 Å². The van der Waals surface area contributed by atoms with E-state index >= 15 is 0 Å². The van der Waals surface area contributed by atoms with Gasteiger partial charge >= 0.3 is 5.97 Å². The van der Waals surface area contributed by atoms with Crippen LogP contribution in [0.1, 0.15) is 12.5 Å². The molecule has 0 bridgehead atoms. The Kier molecular flexibility index (Phi) is 4.96. The van der Waals surface area contributed by atoms with Crippen molar-refractivity contribution in [2.24, 2.45) is 5.16 Å². The standard InChI is InChI=1S/C11H12BrNO4/c1-7(11(14)15)17-10-4-3-9(12)5-8(10)6-13-16-2/h3-7H,1-2H3,(H,14,15)/b13-6+. The number of carboxylic acids is 1. The van der Waals surface area contributed by atoms with Gasteiger partial charge in [-0.25, -0.2) is 4.79 Å². The third kappa shape index (κ3) is 4.07. The fourth-order valence-electron chi connectivity index (χ4n) is 1.08. The van der Waals surface area contributed by atoms with Crippen LogP contribution in [0.15, 0.2) is 27.8 Å². The van der Waals surface area contributed by atoms with Gasteiger partial charge in [0.25, 0.3) is 0 Å². The van der Waals surface area contributed by atoms with Crippen LogP contribution < -0.4 is 4.74 Å². The molecule has 17 heavy (non-hydrogen) atoms. The van der Waals surface area contributed by atoms with Gasteiger partial charge in [-0.2, -0.15) is 0 Å². The van der Waals surface area contributed by atoms with E-state index in [0.717, 1.165) is 4.47 Å². The zero-order valence-electron chi connectivity index (χ0n) is 9.38. The van der Waals surface area contributed by atoms with Gasteiger partial charge < -0.3 is 14.7 Å². The Morgan fingerprint density at radius 3 is 2.88 bits per heavy atom. The molecule has 0 saturated heterocycles. The van der Waals surface area contributed by atoms with Crippen LogP contribution in [0.2, 0.25) is 0 Å². The third-order valence-corrected chi connectivity index (χ3v) is 2.41. The van der Waals surface area contributed by atoms with Gasteiger partial charge in [0.15, 0.2) is 6.10 Å². The summed E-state index contributed by atoms with van der Waals surface area (Å²) in [5.74, 6) is -0.591. The molecule has 92 valence electrons. The molecule has 1 aromatic carbocycles. The molecule has 0 aromatic heterocycles. The van der Waals surface area contributed by atoms with Crippen molar-refractivity contribution in [3.63, 3.8) is 0 Å². The van der Waals surface area contributed by atoms with Crippen LogP contribution in [0.5, 0.6) is 5.75 Å². The SMILES string of the molecule is CO/N=C/c1cc(Br)ccc1OC(C)C(=O)O. The monoisotopic (exact) mass is 301 g/mol. The van der Waals surface area contributed by atoms with E-state index in [9.17, 15) is 4.79 Å². The van der Waals surface area contributed by atoms with Gasteiger partial charge in [0.1, 0.15) is 12.9 Å². The highest BCUT2D eigenvalue weighted by atomic mass is 79.9. The molecule has 0 saturated carbocycles. The zero-order chi connectivity index (χ0) is 12.8. The second kappa shape index (κ2) is 6.24. The lowest BCUT2D eigenvalue weighted by molar-refractivity contribution is -0.144. The van der Waals surface area contributed by atoms with E-state index in [0.29, 0.717) is 11.3 Å². The summed E-state index contributed by atoms with van der Waals surface area (Å²) in [6, 6.07) is 5.18. The number of carbonyl (C=O) groups is 1. The molecule has 1 N–H and O–H groups in total. The summed E-state index contributed by atoms with van der Waals surface area (Å²) in [5, 5.41) is 12.4. The number of ether oxygens (including phenoxy) is 1. The topological polar surface area (TPSA) is 68.1 Å². The van der Waals surface area contributed by atoms with Crippen molar-refractivity contribution in [1.82, 2.24) is 0 Å². The Labute approximate surface area is 107 Å². The Hall–Kier alpha value is -1.56. The summed E-state index contributed by atoms with van der Waals surface area (Å²) >= 11 is 3.31.